The van der Waals surface area contributed by atoms with E-state index in [1.807, 2.05) is 18.2 Å². The van der Waals surface area contributed by atoms with E-state index >= 15 is 0 Å². The molecule has 0 radical (unpaired) electrons. The van der Waals surface area contributed by atoms with E-state index in [4.69, 9.17) is 9.90 Å². The molecule has 0 spiro atoms. The van der Waals surface area contributed by atoms with E-state index < -0.39 is 22.2 Å². The second-order valence-electron chi connectivity index (χ2n) is 8.73. The third kappa shape index (κ3) is 9.92. The standard InChI is InChI=1S/C22H30N4O3S.C2HF3O2/c1-16(2)18-6-4-17(5-7-18)15-24-22(27)19-8-9-21(26-12-10-23-11-13-26)20(14-19)25-30(3,28)29;3-2(4,5)1(6)7/h4-9,14,16,23,25H,10-13,15H2,1-3H3,(H,24,27);(H,6,7). The monoisotopic (exact) mass is 544 g/mol. The summed E-state index contributed by atoms with van der Waals surface area (Å²) in [5, 5.41) is 13.3. The minimum Gasteiger partial charge on any atom is -0.475 e. The van der Waals surface area contributed by atoms with Crippen molar-refractivity contribution in [1.82, 2.24) is 10.6 Å². The lowest BCUT2D eigenvalue weighted by molar-refractivity contribution is -0.192. The summed E-state index contributed by atoms with van der Waals surface area (Å²) >= 11 is 0. The van der Waals surface area contributed by atoms with Gasteiger partial charge in [-0.25, -0.2) is 13.2 Å². The van der Waals surface area contributed by atoms with Crippen LogP contribution in [0, 0.1) is 0 Å². The number of hydrogen-bond acceptors (Lipinski definition) is 6. The number of piperazine rings is 1. The maximum absolute atomic E-state index is 12.7. The van der Waals surface area contributed by atoms with Crippen molar-refractivity contribution in [3.8, 4) is 0 Å². The Morgan fingerprint density at radius 3 is 2.14 bits per heavy atom. The SMILES string of the molecule is CC(C)c1ccc(CNC(=O)c2ccc(N3CCNCC3)c(NS(C)(=O)=O)c2)cc1.O=C(O)C(F)(F)F. The van der Waals surface area contributed by atoms with Gasteiger partial charge in [0.25, 0.3) is 5.91 Å². The van der Waals surface area contributed by atoms with Gasteiger partial charge in [-0.1, -0.05) is 38.1 Å². The van der Waals surface area contributed by atoms with Crippen molar-refractivity contribution in [2.24, 2.45) is 0 Å². The van der Waals surface area contributed by atoms with Gasteiger partial charge in [-0.15, -0.1) is 0 Å². The van der Waals surface area contributed by atoms with Gasteiger partial charge in [-0.2, -0.15) is 13.2 Å². The Morgan fingerprint density at radius 2 is 1.65 bits per heavy atom. The highest BCUT2D eigenvalue weighted by Crippen LogP contribution is 2.28. The van der Waals surface area contributed by atoms with Crippen molar-refractivity contribution >= 4 is 33.3 Å². The second-order valence-corrected chi connectivity index (χ2v) is 10.5. The lowest BCUT2D eigenvalue weighted by atomic mass is 10.0. The van der Waals surface area contributed by atoms with Crippen LogP contribution in [-0.4, -0.2) is 64.0 Å². The fraction of sp³-hybridized carbons (Fsp3) is 0.417. The first-order chi connectivity index (χ1) is 17.2. The van der Waals surface area contributed by atoms with E-state index in [0.29, 0.717) is 23.7 Å². The number of aliphatic carboxylic acids is 1. The summed E-state index contributed by atoms with van der Waals surface area (Å²) in [6.45, 7) is 7.90. The molecule has 1 aliphatic rings. The smallest absolute Gasteiger partial charge is 0.475 e. The Kier molecular flexibility index (Phi) is 10.3. The van der Waals surface area contributed by atoms with E-state index in [1.54, 1.807) is 12.1 Å². The number of benzene rings is 2. The highest BCUT2D eigenvalue weighted by Gasteiger charge is 2.38. The summed E-state index contributed by atoms with van der Waals surface area (Å²) in [4.78, 5) is 23.7. The normalized spacial score (nSPS) is 14.0. The zero-order valence-corrected chi connectivity index (χ0v) is 21.5. The molecule has 3 rings (SSSR count). The van der Waals surface area contributed by atoms with Crippen molar-refractivity contribution in [3.63, 3.8) is 0 Å². The van der Waals surface area contributed by atoms with Crippen molar-refractivity contribution in [3.05, 3.63) is 59.2 Å². The minimum atomic E-state index is -5.08. The fourth-order valence-corrected chi connectivity index (χ4v) is 4.01. The lowest BCUT2D eigenvalue weighted by Crippen LogP contribution is -2.43. The van der Waals surface area contributed by atoms with Crippen molar-refractivity contribution < 1.29 is 36.3 Å². The summed E-state index contributed by atoms with van der Waals surface area (Å²) in [7, 11) is -3.47. The second kappa shape index (κ2) is 12.8. The molecular weight excluding hydrogens is 513 g/mol. The van der Waals surface area contributed by atoms with Crippen LogP contribution in [0.25, 0.3) is 0 Å². The maximum Gasteiger partial charge on any atom is 0.490 e. The number of amides is 1. The maximum atomic E-state index is 12.7. The van der Waals surface area contributed by atoms with Crippen molar-refractivity contribution in [2.75, 3.05) is 42.1 Å². The Bertz CT molecular complexity index is 1180. The van der Waals surface area contributed by atoms with Crippen LogP contribution in [0.15, 0.2) is 42.5 Å². The molecule has 2 aromatic rings. The molecule has 0 aromatic heterocycles. The average Bonchev–Trinajstić information content (AvgIpc) is 2.82. The zero-order chi connectivity index (χ0) is 27.8. The molecule has 4 N–H and O–H groups in total. The minimum absolute atomic E-state index is 0.244. The van der Waals surface area contributed by atoms with Gasteiger partial charge in [0.2, 0.25) is 10.0 Å². The van der Waals surface area contributed by atoms with Gasteiger partial charge in [0.1, 0.15) is 0 Å². The fourth-order valence-electron chi connectivity index (χ4n) is 3.45. The first kappa shape index (κ1) is 29.9. The number of carboxylic acids is 1. The Hall–Kier alpha value is -3.32. The predicted octanol–water partition coefficient (Wildman–Crippen LogP) is 3.15. The Morgan fingerprint density at radius 1 is 1.08 bits per heavy atom. The molecule has 0 aliphatic carbocycles. The third-order valence-corrected chi connectivity index (χ3v) is 5.94. The van der Waals surface area contributed by atoms with Crippen LogP contribution < -0.4 is 20.3 Å². The number of anilines is 2. The quantitative estimate of drug-likeness (QED) is 0.422. The predicted molar refractivity (Wildman–Crippen MR) is 135 cm³/mol. The average molecular weight is 545 g/mol. The largest absolute Gasteiger partial charge is 0.490 e. The number of nitrogens with zero attached hydrogens (tertiary/aromatic N) is 1. The van der Waals surface area contributed by atoms with E-state index in [0.717, 1.165) is 43.7 Å². The van der Waals surface area contributed by atoms with Gasteiger partial charge in [0.05, 0.1) is 17.6 Å². The van der Waals surface area contributed by atoms with Gasteiger partial charge in [0.15, 0.2) is 0 Å². The molecule has 37 heavy (non-hydrogen) atoms. The summed E-state index contributed by atoms with van der Waals surface area (Å²) in [5.74, 6) is -2.54. The summed E-state index contributed by atoms with van der Waals surface area (Å²) in [6, 6.07) is 13.3. The van der Waals surface area contributed by atoms with Crippen LogP contribution in [0.2, 0.25) is 0 Å². The zero-order valence-electron chi connectivity index (χ0n) is 20.7. The Labute approximate surface area is 214 Å². The lowest BCUT2D eigenvalue weighted by Gasteiger charge is -2.31. The summed E-state index contributed by atoms with van der Waals surface area (Å²) in [5.41, 5.74) is 3.89. The number of rotatable bonds is 7. The van der Waals surface area contributed by atoms with Crippen molar-refractivity contribution in [1.29, 1.82) is 0 Å². The summed E-state index contributed by atoms with van der Waals surface area (Å²) in [6.07, 6.45) is -3.97. The topological polar surface area (TPSA) is 128 Å². The van der Waals surface area contributed by atoms with Gasteiger partial charge in [-0.05, 0) is 35.2 Å². The van der Waals surface area contributed by atoms with Crippen LogP contribution in [0.3, 0.4) is 0 Å². The molecule has 13 heteroatoms. The van der Waals surface area contributed by atoms with Gasteiger partial charge in [0, 0.05) is 38.3 Å². The molecule has 0 atom stereocenters. The number of carboxylic acid groups (broad SMARTS) is 1. The highest BCUT2D eigenvalue weighted by molar-refractivity contribution is 7.92. The first-order valence-corrected chi connectivity index (χ1v) is 13.3. The highest BCUT2D eigenvalue weighted by atomic mass is 32.2. The first-order valence-electron chi connectivity index (χ1n) is 11.4. The van der Waals surface area contributed by atoms with Crippen LogP contribution in [-0.2, 0) is 21.4 Å². The molecule has 1 amide bonds. The molecular formula is C24H31F3N4O5S. The van der Waals surface area contributed by atoms with Gasteiger partial charge >= 0.3 is 12.1 Å². The van der Waals surface area contributed by atoms with Gasteiger partial charge in [-0.3, -0.25) is 9.52 Å². The number of hydrogen-bond donors (Lipinski definition) is 4. The molecule has 1 aliphatic heterocycles. The van der Waals surface area contributed by atoms with Crippen molar-refractivity contribution in [2.45, 2.75) is 32.5 Å². The molecule has 0 saturated carbocycles. The van der Waals surface area contributed by atoms with Crippen LogP contribution in [0.4, 0.5) is 24.5 Å². The number of sulfonamides is 1. The van der Waals surface area contributed by atoms with E-state index in [9.17, 15) is 26.4 Å². The van der Waals surface area contributed by atoms with E-state index in [-0.39, 0.29) is 5.91 Å². The molecule has 9 nitrogen and oxygen atoms in total. The molecule has 204 valence electrons. The number of carbonyl (C=O) groups excluding carboxylic acids is 1. The molecule has 2 aromatic carbocycles. The third-order valence-electron chi connectivity index (χ3n) is 5.35. The number of carbonyl (C=O) groups is 2. The summed E-state index contributed by atoms with van der Waals surface area (Å²) < 4.78 is 58.0. The van der Waals surface area contributed by atoms with Gasteiger partial charge < -0.3 is 20.6 Å². The molecule has 1 fully saturated rings. The molecule has 0 bridgehead atoms. The van der Waals surface area contributed by atoms with Crippen LogP contribution in [0.1, 0.15) is 41.3 Å². The van der Waals surface area contributed by atoms with E-state index in [1.165, 1.54) is 5.56 Å². The number of nitrogens with one attached hydrogen (secondary N) is 3. The van der Waals surface area contributed by atoms with E-state index in [2.05, 4.69) is 46.2 Å². The number of halogens is 3. The molecule has 0 unspecified atom stereocenters. The molecule has 1 heterocycles. The molecule has 1 saturated heterocycles. The number of alkyl halides is 3. The van der Waals surface area contributed by atoms with Crippen LogP contribution in [0.5, 0.6) is 0 Å². The Balaban J connectivity index is 0.000000604. The van der Waals surface area contributed by atoms with Crippen LogP contribution >= 0.6 is 0 Å².